The van der Waals surface area contributed by atoms with E-state index in [-0.39, 0.29) is 5.91 Å². The molecule has 7 nitrogen and oxygen atoms in total. The fraction of sp³-hybridized carbons (Fsp3) is 0.593. The van der Waals surface area contributed by atoms with Gasteiger partial charge in [-0.1, -0.05) is 38.5 Å². The number of carbonyl (C=O) groups excluding carboxylic acids is 1. The lowest BCUT2D eigenvalue weighted by Crippen LogP contribution is -2.56. The minimum absolute atomic E-state index is 0.287. The molecule has 0 atom stereocenters. The molecule has 1 aromatic carbocycles. The van der Waals surface area contributed by atoms with Gasteiger partial charge in [0, 0.05) is 64.0 Å². The van der Waals surface area contributed by atoms with E-state index in [9.17, 15) is 4.79 Å². The summed E-state index contributed by atoms with van der Waals surface area (Å²) in [5, 5.41) is 9.04. The Labute approximate surface area is 203 Å². The van der Waals surface area contributed by atoms with Crippen molar-refractivity contribution in [3.8, 4) is 11.3 Å². The van der Waals surface area contributed by atoms with Gasteiger partial charge < -0.3 is 9.80 Å². The number of hydrogen-bond donors (Lipinski definition) is 0. The molecular formula is C27H38N6O. The lowest BCUT2D eigenvalue weighted by molar-refractivity contribution is -0.134. The summed E-state index contributed by atoms with van der Waals surface area (Å²) in [6.45, 7) is 12.3. The number of benzene rings is 1. The first kappa shape index (κ1) is 23.2. The second kappa shape index (κ2) is 10.4. The van der Waals surface area contributed by atoms with Crippen LogP contribution < -0.4 is 4.90 Å². The average molecular weight is 463 g/mol. The van der Waals surface area contributed by atoms with Crippen molar-refractivity contribution in [1.29, 1.82) is 0 Å². The molecule has 2 aromatic rings. The highest BCUT2D eigenvalue weighted by Crippen LogP contribution is 2.26. The number of rotatable bonds is 6. The lowest BCUT2D eigenvalue weighted by atomic mass is 9.91. The van der Waals surface area contributed by atoms with Crippen molar-refractivity contribution in [2.75, 3.05) is 63.8 Å². The lowest BCUT2D eigenvalue weighted by Gasteiger charge is -2.43. The summed E-state index contributed by atoms with van der Waals surface area (Å²) >= 11 is 0. The molecule has 34 heavy (non-hydrogen) atoms. The molecule has 5 rings (SSSR count). The van der Waals surface area contributed by atoms with E-state index in [4.69, 9.17) is 0 Å². The average Bonchev–Trinajstić information content (AvgIpc) is 2.84. The highest BCUT2D eigenvalue weighted by Gasteiger charge is 2.30. The number of carbonyl (C=O) groups is 1. The molecule has 0 spiro atoms. The van der Waals surface area contributed by atoms with Gasteiger partial charge in [-0.25, -0.2) is 0 Å². The largest absolute Gasteiger partial charge is 0.353 e. The second-order valence-corrected chi connectivity index (χ2v) is 10.3. The summed E-state index contributed by atoms with van der Waals surface area (Å²) < 4.78 is 0. The smallest absolute Gasteiger partial charge is 0.236 e. The monoisotopic (exact) mass is 462 g/mol. The van der Waals surface area contributed by atoms with E-state index in [0.717, 1.165) is 75.5 Å². The maximum atomic E-state index is 12.8. The van der Waals surface area contributed by atoms with Crippen LogP contribution in [0.25, 0.3) is 11.3 Å². The van der Waals surface area contributed by atoms with E-state index < -0.39 is 0 Å². The van der Waals surface area contributed by atoms with Gasteiger partial charge in [0.1, 0.15) is 0 Å². The molecule has 0 unspecified atom stereocenters. The SMILES string of the molecule is CC(C)c1cccc(-c2ccc(N3CCN(CC(=O)N4CCN(C5CCC5)CC4)CC3)nn2)c1. The summed E-state index contributed by atoms with van der Waals surface area (Å²) in [5.41, 5.74) is 3.34. The van der Waals surface area contributed by atoms with Gasteiger partial charge in [-0.2, -0.15) is 0 Å². The summed E-state index contributed by atoms with van der Waals surface area (Å²) in [4.78, 5) is 22.1. The van der Waals surface area contributed by atoms with Crippen LogP contribution in [0.5, 0.6) is 0 Å². The van der Waals surface area contributed by atoms with Crippen LogP contribution in [0.1, 0.15) is 44.6 Å². The zero-order valence-electron chi connectivity index (χ0n) is 20.7. The maximum absolute atomic E-state index is 12.8. The summed E-state index contributed by atoms with van der Waals surface area (Å²) in [6, 6.07) is 13.5. The molecule has 1 aromatic heterocycles. The Hall–Kier alpha value is -2.51. The third-order valence-corrected chi connectivity index (χ3v) is 7.81. The normalized spacial score (nSPS) is 20.6. The highest BCUT2D eigenvalue weighted by atomic mass is 16.2. The Bertz CT molecular complexity index is 957. The van der Waals surface area contributed by atoms with Crippen LogP contribution in [0.2, 0.25) is 0 Å². The molecule has 182 valence electrons. The fourth-order valence-corrected chi connectivity index (χ4v) is 5.22. The van der Waals surface area contributed by atoms with Crippen LogP contribution in [0.15, 0.2) is 36.4 Å². The van der Waals surface area contributed by atoms with Crippen molar-refractivity contribution < 1.29 is 4.79 Å². The zero-order chi connectivity index (χ0) is 23.5. The fourth-order valence-electron chi connectivity index (χ4n) is 5.22. The Morgan fingerprint density at radius 2 is 1.71 bits per heavy atom. The molecule has 1 amide bonds. The number of piperazine rings is 2. The van der Waals surface area contributed by atoms with E-state index >= 15 is 0 Å². The zero-order valence-corrected chi connectivity index (χ0v) is 20.7. The van der Waals surface area contributed by atoms with E-state index in [1.54, 1.807) is 0 Å². The van der Waals surface area contributed by atoms with Gasteiger partial charge in [-0.05, 0) is 42.5 Å². The molecule has 0 N–H and O–H groups in total. The van der Waals surface area contributed by atoms with Gasteiger partial charge in [0.2, 0.25) is 5.91 Å². The van der Waals surface area contributed by atoms with E-state index in [1.807, 2.05) is 0 Å². The van der Waals surface area contributed by atoms with Crippen LogP contribution in [0, 0.1) is 0 Å². The van der Waals surface area contributed by atoms with Crippen molar-refractivity contribution in [2.45, 2.75) is 45.1 Å². The Balaban J connectivity index is 1.09. The van der Waals surface area contributed by atoms with E-state index in [1.165, 1.54) is 24.8 Å². The minimum atomic E-state index is 0.287. The van der Waals surface area contributed by atoms with Gasteiger partial charge in [-0.3, -0.25) is 14.6 Å². The molecule has 3 heterocycles. The van der Waals surface area contributed by atoms with Gasteiger partial charge in [0.05, 0.1) is 12.2 Å². The Kier molecular flexibility index (Phi) is 7.11. The van der Waals surface area contributed by atoms with Crippen molar-refractivity contribution in [3.05, 3.63) is 42.0 Å². The first-order valence-electron chi connectivity index (χ1n) is 13.0. The number of nitrogens with zero attached hydrogens (tertiary/aromatic N) is 6. The van der Waals surface area contributed by atoms with Crippen LogP contribution in [-0.2, 0) is 4.79 Å². The first-order chi connectivity index (χ1) is 16.6. The Morgan fingerprint density at radius 3 is 2.32 bits per heavy atom. The van der Waals surface area contributed by atoms with Crippen LogP contribution in [-0.4, -0.2) is 95.7 Å². The van der Waals surface area contributed by atoms with Crippen LogP contribution in [0.4, 0.5) is 5.82 Å². The van der Waals surface area contributed by atoms with Crippen molar-refractivity contribution in [2.24, 2.45) is 0 Å². The molecule has 0 bridgehead atoms. The third kappa shape index (κ3) is 5.26. The first-order valence-corrected chi connectivity index (χ1v) is 13.0. The molecule has 1 aliphatic carbocycles. The third-order valence-electron chi connectivity index (χ3n) is 7.81. The molecule has 3 fully saturated rings. The predicted molar refractivity (Wildman–Crippen MR) is 136 cm³/mol. The van der Waals surface area contributed by atoms with Gasteiger partial charge in [0.15, 0.2) is 5.82 Å². The van der Waals surface area contributed by atoms with Crippen molar-refractivity contribution in [1.82, 2.24) is 24.9 Å². The molecule has 2 saturated heterocycles. The number of aromatic nitrogens is 2. The van der Waals surface area contributed by atoms with Crippen molar-refractivity contribution in [3.63, 3.8) is 0 Å². The van der Waals surface area contributed by atoms with E-state index in [0.29, 0.717) is 12.5 Å². The molecule has 1 saturated carbocycles. The van der Waals surface area contributed by atoms with Crippen molar-refractivity contribution >= 4 is 11.7 Å². The van der Waals surface area contributed by atoms with Gasteiger partial charge in [0.25, 0.3) is 0 Å². The van der Waals surface area contributed by atoms with Crippen LogP contribution >= 0.6 is 0 Å². The second-order valence-electron chi connectivity index (χ2n) is 10.3. The summed E-state index contributed by atoms with van der Waals surface area (Å²) in [6.07, 6.45) is 4.06. The quantitative estimate of drug-likeness (QED) is 0.658. The number of hydrogen-bond acceptors (Lipinski definition) is 6. The van der Waals surface area contributed by atoms with Gasteiger partial charge >= 0.3 is 0 Å². The Morgan fingerprint density at radius 1 is 0.941 bits per heavy atom. The predicted octanol–water partition coefficient (Wildman–Crippen LogP) is 3.09. The van der Waals surface area contributed by atoms with Gasteiger partial charge in [-0.15, -0.1) is 10.2 Å². The molecule has 0 radical (unpaired) electrons. The molecular weight excluding hydrogens is 424 g/mol. The molecule has 2 aliphatic heterocycles. The summed E-state index contributed by atoms with van der Waals surface area (Å²) in [7, 11) is 0. The summed E-state index contributed by atoms with van der Waals surface area (Å²) in [5.74, 6) is 1.70. The molecule has 7 heteroatoms. The van der Waals surface area contributed by atoms with Crippen LogP contribution in [0.3, 0.4) is 0 Å². The topological polar surface area (TPSA) is 55.8 Å². The highest BCUT2D eigenvalue weighted by molar-refractivity contribution is 5.78. The number of anilines is 1. The minimum Gasteiger partial charge on any atom is -0.353 e. The van der Waals surface area contributed by atoms with E-state index in [2.05, 4.69) is 80.0 Å². The number of amides is 1. The molecule has 3 aliphatic rings. The standard InChI is InChI=1S/C27H38N6O/c1-21(2)22-5-3-6-23(19-22)25-9-10-26(29-28-25)32-13-11-30(12-14-32)20-27(34)33-17-15-31(16-18-33)24-7-4-8-24/h3,5-6,9-10,19,21,24H,4,7-8,11-18,20H2,1-2H3. The maximum Gasteiger partial charge on any atom is 0.236 e.